The highest BCUT2D eigenvalue weighted by molar-refractivity contribution is 8.01. The van der Waals surface area contributed by atoms with Crippen LogP contribution in [0.3, 0.4) is 0 Å². The van der Waals surface area contributed by atoms with Gasteiger partial charge in [0.1, 0.15) is 5.82 Å². The zero-order valence-corrected chi connectivity index (χ0v) is 11.6. The van der Waals surface area contributed by atoms with Crippen LogP contribution < -0.4 is 5.73 Å². The van der Waals surface area contributed by atoms with Gasteiger partial charge in [0.2, 0.25) is 0 Å². The Morgan fingerprint density at radius 2 is 2.24 bits per heavy atom. The Bertz CT molecular complexity index is 508. The quantitative estimate of drug-likeness (QED) is 0.923. The van der Waals surface area contributed by atoms with Gasteiger partial charge >= 0.3 is 0 Å². The van der Waals surface area contributed by atoms with E-state index in [0.717, 1.165) is 16.6 Å². The second kappa shape index (κ2) is 5.62. The molecule has 0 saturated carbocycles. The third kappa shape index (κ3) is 3.06. The predicted octanol–water partition coefficient (Wildman–Crippen LogP) is 3.02. The largest absolute Gasteiger partial charge is 0.326 e. The highest BCUT2D eigenvalue weighted by Crippen LogP contribution is 2.30. The summed E-state index contributed by atoms with van der Waals surface area (Å²) in [6.07, 6.45) is 0.891. The number of benzene rings is 1. The monoisotopic (exact) mass is 265 g/mol. The molecule has 0 unspecified atom stereocenters. The molecule has 0 bridgehead atoms. The Morgan fingerprint density at radius 3 is 2.82 bits per heavy atom. The zero-order valence-electron chi connectivity index (χ0n) is 9.93. The first-order valence-electron chi connectivity index (χ1n) is 5.53. The fraction of sp³-hybridized carbons (Fsp3) is 0.333. The molecule has 0 aliphatic carbocycles. The van der Waals surface area contributed by atoms with Crippen molar-refractivity contribution in [2.24, 2.45) is 5.73 Å². The molecule has 0 fully saturated rings. The van der Waals surface area contributed by atoms with Crippen molar-refractivity contribution in [3.05, 3.63) is 35.2 Å². The molecule has 0 spiro atoms. The molecule has 3 nitrogen and oxygen atoms in total. The first kappa shape index (κ1) is 12.5. The maximum absolute atomic E-state index is 5.65. The Hall–Kier alpha value is -0.910. The first-order chi connectivity index (χ1) is 8.22. The average molecular weight is 265 g/mol. The number of nitrogens with two attached hydrogens (primary N) is 1. The van der Waals surface area contributed by atoms with Gasteiger partial charge in [-0.2, -0.15) is 4.37 Å². The van der Waals surface area contributed by atoms with Crippen molar-refractivity contribution in [3.8, 4) is 0 Å². The maximum Gasteiger partial charge on any atom is 0.174 e. The van der Waals surface area contributed by atoms with Crippen molar-refractivity contribution < 1.29 is 0 Å². The van der Waals surface area contributed by atoms with Gasteiger partial charge in [0.05, 0.1) is 0 Å². The van der Waals surface area contributed by atoms with Crippen LogP contribution in [0, 0.1) is 6.92 Å². The zero-order chi connectivity index (χ0) is 12.3. The van der Waals surface area contributed by atoms with Crippen LogP contribution in [0.5, 0.6) is 0 Å². The summed E-state index contributed by atoms with van der Waals surface area (Å²) in [5.74, 6) is 0.924. The second-order valence-corrected chi connectivity index (χ2v) is 5.80. The minimum Gasteiger partial charge on any atom is -0.326 e. The van der Waals surface area contributed by atoms with E-state index in [2.05, 4.69) is 41.4 Å². The van der Waals surface area contributed by atoms with E-state index in [0.29, 0.717) is 6.54 Å². The number of hydrogen-bond acceptors (Lipinski definition) is 5. The van der Waals surface area contributed by atoms with Gasteiger partial charge in [0.15, 0.2) is 4.34 Å². The van der Waals surface area contributed by atoms with E-state index in [1.165, 1.54) is 27.6 Å². The fourth-order valence-electron chi connectivity index (χ4n) is 1.48. The summed E-state index contributed by atoms with van der Waals surface area (Å²) >= 11 is 3.12. The Kier molecular flexibility index (Phi) is 4.15. The van der Waals surface area contributed by atoms with Crippen LogP contribution >= 0.6 is 23.3 Å². The van der Waals surface area contributed by atoms with Gasteiger partial charge in [-0.25, -0.2) is 4.98 Å². The topological polar surface area (TPSA) is 51.8 Å². The predicted molar refractivity (Wildman–Crippen MR) is 72.5 cm³/mol. The molecule has 0 aliphatic heterocycles. The van der Waals surface area contributed by atoms with Gasteiger partial charge in [0, 0.05) is 17.9 Å². The van der Waals surface area contributed by atoms with Gasteiger partial charge in [-0.1, -0.05) is 24.8 Å². The number of aromatic nitrogens is 2. The van der Waals surface area contributed by atoms with Gasteiger partial charge < -0.3 is 5.73 Å². The summed E-state index contributed by atoms with van der Waals surface area (Å²) in [4.78, 5) is 5.64. The molecular weight excluding hydrogens is 250 g/mol. The first-order valence-corrected chi connectivity index (χ1v) is 7.12. The minimum absolute atomic E-state index is 0.593. The van der Waals surface area contributed by atoms with Gasteiger partial charge in [-0.05, 0) is 41.7 Å². The standard InChI is InChI=1S/C12H15N3S2/c1-3-11-14-12(17-15-11)16-10-5-4-9(7-13)8(2)6-10/h4-6H,3,7,13H2,1-2H3. The van der Waals surface area contributed by atoms with Crippen LogP contribution in [-0.2, 0) is 13.0 Å². The molecule has 1 heterocycles. The van der Waals surface area contributed by atoms with Crippen LogP contribution in [0.2, 0.25) is 0 Å². The minimum atomic E-state index is 0.593. The molecule has 0 saturated heterocycles. The number of rotatable bonds is 4. The Labute approximate surface area is 110 Å². The Balaban J connectivity index is 2.15. The third-order valence-corrected chi connectivity index (χ3v) is 4.28. The Morgan fingerprint density at radius 1 is 1.41 bits per heavy atom. The van der Waals surface area contributed by atoms with E-state index in [1.807, 2.05) is 0 Å². The molecular formula is C12H15N3S2. The highest BCUT2D eigenvalue weighted by atomic mass is 32.2. The van der Waals surface area contributed by atoms with Gasteiger partial charge in [-0.3, -0.25) is 0 Å². The summed E-state index contributed by atoms with van der Waals surface area (Å²) < 4.78 is 5.28. The molecule has 2 N–H and O–H groups in total. The average Bonchev–Trinajstić information content (AvgIpc) is 2.77. The third-order valence-electron chi connectivity index (χ3n) is 2.50. The lowest BCUT2D eigenvalue weighted by molar-refractivity contribution is 0.971. The van der Waals surface area contributed by atoms with Crippen LogP contribution in [0.4, 0.5) is 0 Å². The molecule has 5 heteroatoms. The molecule has 90 valence electrons. The maximum atomic E-state index is 5.65. The van der Waals surface area contributed by atoms with E-state index in [-0.39, 0.29) is 0 Å². The lowest BCUT2D eigenvalue weighted by atomic mass is 10.1. The van der Waals surface area contributed by atoms with Gasteiger partial charge in [-0.15, -0.1) is 0 Å². The van der Waals surface area contributed by atoms with Crippen molar-refractivity contribution in [1.82, 2.24) is 9.36 Å². The molecule has 0 amide bonds. The summed E-state index contributed by atoms with van der Waals surface area (Å²) in [6.45, 7) is 4.75. The van der Waals surface area contributed by atoms with E-state index in [4.69, 9.17) is 5.73 Å². The van der Waals surface area contributed by atoms with Crippen molar-refractivity contribution in [1.29, 1.82) is 0 Å². The summed E-state index contributed by atoms with van der Waals surface area (Å²) in [6, 6.07) is 6.33. The summed E-state index contributed by atoms with van der Waals surface area (Å²) in [5.41, 5.74) is 8.08. The fourth-order valence-corrected chi connectivity index (χ4v) is 3.26. The van der Waals surface area contributed by atoms with E-state index < -0.39 is 0 Å². The van der Waals surface area contributed by atoms with Crippen LogP contribution in [0.1, 0.15) is 23.9 Å². The molecule has 1 aromatic carbocycles. The highest BCUT2D eigenvalue weighted by Gasteiger charge is 2.05. The molecule has 2 aromatic rings. The molecule has 0 atom stereocenters. The summed E-state index contributed by atoms with van der Waals surface area (Å²) in [5, 5.41) is 0. The van der Waals surface area contributed by atoms with Crippen molar-refractivity contribution in [3.63, 3.8) is 0 Å². The van der Waals surface area contributed by atoms with Crippen molar-refractivity contribution in [2.75, 3.05) is 0 Å². The van der Waals surface area contributed by atoms with Gasteiger partial charge in [0.25, 0.3) is 0 Å². The lowest BCUT2D eigenvalue weighted by Crippen LogP contribution is -1.98. The molecule has 0 aliphatic rings. The van der Waals surface area contributed by atoms with E-state index in [9.17, 15) is 0 Å². The number of nitrogens with zero attached hydrogens (tertiary/aromatic N) is 2. The summed E-state index contributed by atoms with van der Waals surface area (Å²) in [7, 11) is 0. The number of hydrogen-bond donors (Lipinski definition) is 1. The van der Waals surface area contributed by atoms with Crippen LogP contribution in [0.25, 0.3) is 0 Å². The van der Waals surface area contributed by atoms with E-state index >= 15 is 0 Å². The normalized spacial score (nSPS) is 10.8. The smallest absolute Gasteiger partial charge is 0.174 e. The SMILES string of the molecule is CCc1nsc(Sc2ccc(CN)c(C)c2)n1. The van der Waals surface area contributed by atoms with Crippen molar-refractivity contribution in [2.45, 2.75) is 36.0 Å². The molecule has 2 rings (SSSR count). The van der Waals surface area contributed by atoms with E-state index in [1.54, 1.807) is 11.8 Å². The second-order valence-electron chi connectivity index (χ2n) is 3.72. The van der Waals surface area contributed by atoms with Crippen LogP contribution in [-0.4, -0.2) is 9.36 Å². The molecule has 1 aromatic heterocycles. The molecule has 0 radical (unpaired) electrons. The number of aryl methyl sites for hydroxylation is 2. The van der Waals surface area contributed by atoms with Crippen molar-refractivity contribution >= 4 is 23.3 Å². The van der Waals surface area contributed by atoms with Crippen LogP contribution in [0.15, 0.2) is 27.4 Å². The lowest BCUT2D eigenvalue weighted by Gasteiger charge is -2.04. The molecule has 17 heavy (non-hydrogen) atoms.